The fraction of sp³-hybridized carbons (Fsp3) is 0.417. The Labute approximate surface area is 118 Å². The van der Waals surface area contributed by atoms with E-state index in [1.165, 1.54) is 19.2 Å². The number of hydrogen-bond donors (Lipinski definition) is 2. The first-order valence-corrected chi connectivity index (χ1v) is 7.41. The van der Waals surface area contributed by atoms with Crippen molar-refractivity contribution >= 4 is 15.9 Å². The molecule has 0 saturated carbocycles. The normalized spacial score (nSPS) is 11.2. The Morgan fingerprint density at radius 1 is 1.40 bits per heavy atom. The molecule has 0 fully saturated rings. The van der Waals surface area contributed by atoms with E-state index in [2.05, 4.69) is 5.32 Å². The monoisotopic (exact) mass is 302 g/mol. The number of nitrogens with one attached hydrogen (secondary N) is 1. The highest BCUT2D eigenvalue weighted by atomic mass is 32.2. The third-order valence-corrected chi connectivity index (χ3v) is 3.32. The molecule has 7 nitrogen and oxygen atoms in total. The average molecular weight is 302 g/mol. The third kappa shape index (κ3) is 5.16. The Hall–Kier alpha value is -1.64. The fourth-order valence-corrected chi connectivity index (χ4v) is 2.20. The van der Waals surface area contributed by atoms with Gasteiger partial charge in [-0.25, -0.2) is 13.6 Å². The van der Waals surface area contributed by atoms with Crippen LogP contribution in [0, 0.1) is 6.92 Å². The van der Waals surface area contributed by atoms with E-state index in [1.807, 2.05) is 0 Å². The molecule has 1 aromatic rings. The van der Waals surface area contributed by atoms with Crippen LogP contribution in [0.1, 0.15) is 5.56 Å². The van der Waals surface area contributed by atoms with Crippen molar-refractivity contribution in [1.82, 2.24) is 5.32 Å². The second-order valence-corrected chi connectivity index (χ2v) is 5.66. The number of primary sulfonamides is 1. The summed E-state index contributed by atoms with van der Waals surface area (Å²) in [6.07, 6.45) is 0. The van der Waals surface area contributed by atoms with Crippen LogP contribution in [0.5, 0.6) is 5.75 Å². The lowest BCUT2D eigenvalue weighted by molar-refractivity contribution is -0.123. The van der Waals surface area contributed by atoms with Crippen molar-refractivity contribution in [3.63, 3.8) is 0 Å². The highest BCUT2D eigenvalue weighted by Crippen LogP contribution is 2.23. The Morgan fingerprint density at radius 3 is 2.70 bits per heavy atom. The first-order valence-electron chi connectivity index (χ1n) is 5.86. The zero-order valence-corrected chi connectivity index (χ0v) is 12.2. The van der Waals surface area contributed by atoms with Gasteiger partial charge in [0, 0.05) is 13.7 Å². The summed E-state index contributed by atoms with van der Waals surface area (Å²) in [5.74, 6) is -0.317. The lowest BCUT2D eigenvalue weighted by atomic mass is 10.2. The number of rotatable bonds is 7. The second-order valence-electron chi connectivity index (χ2n) is 4.13. The number of aryl methyl sites for hydroxylation is 1. The van der Waals surface area contributed by atoms with Crippen molar-refractivity contribution < 1.29 is 22.7 Å². The van der Waals surface area contributed by atoms with Gasteiger partial charge in [-0.15, -0.1) is 0 Å². The largest absolute Gasteiger partial charge is 0.482 e. The van der Waals surface area contributed by atoms with Gasteiger partial charge in [0.2, 0.25) is 10.0 Å². The lowest BCUT2D eigenvalue weighted by Gasteiger charge is -2.11. The Balaban J connectivity index is 2.71. The molecule has 0 aliphatic carbocycles. The van der Waals surface area contributed by atoms with E-state index in [9.17, 15) is 13.2 Å². The number of benzene rings is 1. The molecule has 0 saturated heterocycles. The molecule has 0 aliphatic heterocycles. The maximum atomic E-state index is 11.4. The van der Waals surface area contributed by atoms with Gasteiger partial charge < -0.3 is 14.8 Å². The maximum absolute atomic E-state index is 11.4. The summed E-state index contributed by atoms with van der Waals surface area (Å²) in [5.41, 5.74) is 0.728. The number of carbonyl (C=O) groups is 1. The molecular weight excluding hydrogens is 284 g/mol. The summed E-state index contributed by atoms with van der Waals surface area (Å²) in [7, 11) is -2.38. The van der Waals surface area contributed by atoms with Gasteiger partial charge in [-0.05, 0) is 24.6 Å². The standard InChI is InChI=1S/C12H18N2O5S/c1-9-3-4-10(11(7-9)20(13,16)17)19-8-12(15)14-5-6-18-2/h3-4,7H,5-6,8H2,1-2H3,(H,14,15)(H2,13,16,17). The molecule has 0 bridgehead atoms. The molecular formula is C12H18N2O5S. The summed E-state index contributed by atoms with van der Waals surface area (Å²) in [5, 5.41) is 7.66. The average Bonchev–Trinajstić information content (AvgIpc) is 2.36. The van der Waals surface area contributed by atoms with E-state index in [1.54, 1.807) is 13.0 Å². The van der Waals surface area contributed by atoms with Crippen molar-refractivity contribution in [2.24, 2.45) is 5.14 Å². The molecule has 112 valence electrons. The molecule has 1 amide bonds. The second kappa shape index (κ2) is 7.22. The summed E-state index contributed by atoms with van der Waals surface area (Å²) in [6, 6.07) is 4.54. The summed E-state index contributed by atoms with van der Waals surface area (Å²) in [6.45, 7) is 2.18. The molecule has 0 radical (unpaired) electrons. The van der Waals surface area contributed by atoms with E-state index < -0.39 is 10.0 Å². The van der Waals surface area contributed by atoms with Crippen LogP contribution in [0.4, 0.5) is 0 Å². The van der Waals surface area contributed by atoms with Crippen LogP contribution in [0.2, 0.25) is 0 Å². The molecule has 1 rings (SSSR count). The van der Waals surface area contributed by atoms with Gasteiger partial charge >= 0.3 is 0 Å². The van der Waals surface area contributed by atoms with Crippen LogP contribution in [-0.4, -0.2) is 41.2 Å². The highest BCUT2D eigenvalue weighted by molar-refractivity contribution is 7.89. The Kier molecular flexibility index (Phi) is 5.93. The van der Waals surface area contributed by atoms with Crippen LogP contribution >= 0.6 is 0 Å². The molecule has 0 unspecified atom stereocenters. The molecule has 0 spiro atoms. The van der Waals surface area contributed by atoms with Gasteiger partial charge in [-0.3, -0.25) is 4.79 Å². The van der Waals surface area contributed by atoms with E-state index in [4.69, 9.17) is 14.6 Å². The number of ether oxygens (including phenoxy) is 2. The van der Waals surface area contributed by atoms with Gasteiger partial charge in [0.25, 0.3) is 5.91 Å². The van der Waals surface area contributed by atoms with Crippen LogP contribution in [-0.2, 0) is 19.6 Å². The van der Waals surface area contributed by atoms with E-state index >= 15 is 0 Å². The predicted molar refractivity (Wildman–Crippen MR) is 72.9 cm³/mol. The number of amides is 1. The van der Waals surface area contributed by atoms with Crippen molar-refractivity contribution in [1.29, 1.82) is 0 Å². The fourth-order valence-electron chi connectivity index (χ4n) is 1.44. The number of carbonyl (C=O) groups excluding carboxylic acids is 1. The zero-order valence-electron chi connectivity index (χ0n) is 11.4. The third-order valence-electron chi connectivity index (χ3n) is 2.39. The summed E-state index contributed by atoms with van der Waals surface area (Å²) < 4.78 is 32.9. The predicted octanol–water partition coefficient (Wildman–Crippen LogP) is -0.216. The first-order chi connectivity index (χ1) is 9.34. The van der Waals surface area contributed by atoms with E-state index in [0.29, 0.717) is 13.2 Å². The molecule has 0 atom stereocenters. The van der Waals surface area contributed by atoms with Crippen molar-refractivity contribution in [3.05, 3.63) is 23.8 Å². The van der Waals surface area contributed by atoms with Gasteiger partial charge in [0.15, 0.2) is 6.61 Å². The number of sulfonamides is 1. The zero-order chi connectivity index (χ0) is 15.2. The van der Waals surface area contributed by atoms with E-state index in [0.717, 1.165) is 5.56 Å². The quantitative estimate of drug-likeness (QED) is 0.677. The number of hydrogen-bond acceptors (Lipinski definition) is 5. The van der Waals surface area contributed by atoms with Crippen LogP contribution in [0.15, 0.2) is 23.1 Å². The Bertz CT molecular complexity index is 571. The van der Waals surface area contributed by atoms with Crippen LogP contribution in [0.3, 0.4) is 0 Å². The minimum absolute atomic E-state index is 0.0555. The van der Waals surface area contributed by atoms with Gasteiger partial charge in [-0.1, -0.05) is 6.07 Å². The van der Waals surface area contributed by atoms with Gasteiger partial charge in [0.1, 0.15) is 10.6 Å². The molecule has 8 heteroatoms. The molecule has 3 N–H and O–H groups in total. The highest BCUT2D eigenvalue weighted by Gasteiger charge is 2.16. The minimum Gasteiger partial charge on any atom is -0.482 e. The molecule has 0 aromatic heterocycles. The lowest BCUT2D eigenvalue weighted by Crippen LogP contribution is -2.31. The molecule has 20 heavy (non-hydrogen) atoms. The van der Waals surface area contributed by atoms with Crippen molar-refractivity contribution in [3.8, 4) is 5.75 Å². The topological polar surface area (TPSA) is 108 Å². The minimum atomic E-state index is -3.90. The maximum Gasteiger partial charge on any atom is 0.258 e. The Morgan fingerprint density at radius 2 is 2.10 bits per heavy atom. The number of methoxy groups -OCH3 is 1. The van der Waals surface area contributed by atoms with Crippen LogP contribution in [0.25, 0.3) is 0 Å². The molecule has 0 aliphatic rings. The van der Waals surface area contributed by atoms with Gasteiger partial charge in [-0.2, -0.15) is 0 Å². The van der Waals surface area contributed by atoms with E-state index in [-0.39, 0.29) is 23.2 Å². The summed E-state index contributed by atoms with van der Waals surface area (Å²) >= 11 is 0. The molecule has 0 heterocycles. The summed E-state index contributed by atoms with van der Waals surface area (Å²) in [4.78, 5) is 11.3. The molecule has 1 aromatic carbocycles. The van der Waals surface area contributed by atoms with Crippen molar-refractivity contribution in [2.75, 3.05) is 26.9 Å². The smallest absolute Gasteiger partial charge is 0.258 e. The SMILES string of the molecule is COCCNC(=O)COc1ccc(C)cc1S(N)(=O)=O. The number of nitrogens with two attached hydrogens (primary N) is 1. The van der Waals surface area contributed by atoms with Crippen LogP contribution < -0.4 is 15.2 Å². The first kappa shape index (κ1) is 16.4. The van der Waals surface area contributed by atoms with Crippen molar-refractivity contribution in [2.45, 2.75) is 11.8 Å². The van der Waals surface area contributed by atoms with Gasteiger partial charge in [0.05, 0.1) is 6.61 Å².